The maximum Gasteiger partial charge on any atom is 0.193 e. The number of nitrogens with zero attached hydrogens (tertiary/aromatic N) is 3. The molecule has 0 atom stereocenters. The van der Waals surface area contributed by atoms with Crippen molar-refractivity contribution in [2.45, 2.75) is 57.0 Å². The summed E-state index contributed by atoms with van der Waals surface area (Å²) in [7, 11) is 0. The van der Waals surface area contributed by atoms with Crippen molar-refractivity contribution < 1.29 is 14.4 Å². The van der Waals surface area contributed by atoms with E-state index in [9.17, 15) is 14.4 Å². The molecule has 0 aliphatic heterocycles. The third-order valence-corrected chi connectivity index (χ3v) is 6.15. The number of rotatable bonds is 12. The molecule has 0 aliphatic carbocycles. The lowest BCUT2D eigenvalue weighted by Crippen LogP contribution is -2.12. The predicted octanol–water partition coefficient (Wildman–Crippen LogP) is 3.82. The summed E-state index contributed by atoms with van der Waals surface area (Å²) in [6, 6.07) is 0. The van der Waals surface area contributed by atoms with E-state index in [4.69, 9.17) is 0 Å². The third-order valence-electron chi connectivity index (χ3n) is 3.54. The molecule has 1 rings (SSSR count). The van der Waals surface area contributed by atoms with E-state index < -0.39 is 0 Å². The molecule has 1 aromatic heterocycles. The van der Waals surface area contributed by atoms with Crippen LogP contribution in [0.3, 0.4) is 0 Å². The normalized spacial score (nSPS) is 11.4. The number of aromatic nitrogens is 3. The lowest BCUT2D eigenvalue weighted by Gasteiger charge is -2.08. The minimum Gasteiger partial charge on any atom is -0.298 e. The molecule has 0 bridgehead atoms. The SMILES string of the molecule is CC(C)C(=O)CSc1nc(SCC(=O)C(C)C)nc(SCC(=O)C(C)C)n1. The molecule has 0 aliphatic rings. The number of Topliss-reactive ketones (excluding diaryl/α,β-unsaturated/α-hetero) is 3. The molecule has 0 unspecified atom stereocenters. The van der Waals surface area contributed by atoms with E-state index in [1.807, 2.05) is 41.5 Å². The van der Waals surface area contributed by atoms with Crippen LogP contribution in [-0.4, -0.2) is 49.6 Å². The second-order valence-electron chi connectivity index (χ2n) is 6.91. The Hall–Kier alpha value is -0.930. The maximum atomic E-state index is 11.9. The van der Waals surface area contributed by atoms with Crippen LogP contribution in [0.2, 0.25) is 0 Å². The molecule has 1 heterocycles. The van der Waals surface area contributed by atoms with Gasteiger partial charge in [0.25, 0.3) is 0 Å². The van der Waals surface area contributed by atoms with Crippen molar-refractivity contribution >= 4 is 52.6 Å². The standard InChI is InChI=1S/C18H27N3O3S3/c1-10(2)13(22)7-25-16-19-17(26-8-14(23)11(3)4)21-18(20-16)27-9-15(24)12(5)6/h10-12H,7-9H2,1-6H3. The topological polar surface area (TPSA) is 89.9 Å². The fraction of sp³-hybridized carbons (Fsp3) is 0.667. The molecule has 0 spiro atoms. The fourth-order valence-corrected chi connectivity index (χ4v) is 4.31. The first-order chi connectivity index (χ1) is 12.6. The van der Waals surface area contributed by atoms with Crippen LogP contribution in [0, 0.1) is 17.8 Å². The Morgan fingerprint density at radius 3 is 1.00 bits per heavy atom. The van der Waals surface area contributed by atoms with Crippen LogP contribution in [0.4, 0.5) is 0 Å². The zero-order chi connectivity index (χ0) is 20.6. The molecule has 0 fully saturated rings. The van der Waals surface area contributed by atoms with Crippen LogP contribution in [0.5, 0.6) is 0 Å². The van der Waals surface area contributed by atoms with Crippen LogP contribution in [-0.2, 0) is 14.4 Å². The van der Waals surface area contributed by atoms with Gasteiger partial charge in [-0.15, -0.1) is 0 Å². The van der Waals surface area contributed by atoms with Crippen LogP contribution in [0.15, 0.2) is 15.5 Å². The van der Waals surface area contributed by atoms with Gasteiger partial charge in [-0.2, -0.15) is 15.0 Å². The van der Waals surface area contributed by atoms with Crippen molar-refractivity contribution in [3.63, 3.8) is 0 Å². The monoisotopic (exact) mass is 429 g/mol. The summed E-state index contributed by atoms with van der Waals surface area (Å²) in [4.78, 5) is 48.7. The Labute approximate surface area is 173 Å². The van der Waals surface area contributed by atoms with Gasteiger partial charge in [0.05, 0.1) is 17.3 Å². The van der Waals surface area contributed by atoms with Gasteiger partial charge in [-0.25, -0.2) is 0 Å². The van der Waals surface area contributed by atoms with Crippen LogP contribution in [0.25, 0.3) is 0 Å². The van der Waals surface area contributed by atoms with Gasteiger partial charge in [0, 0.05) is 17.8 Å². The van der Waals surface area contributed by atoms with Crippen molar-refractivity contribution in [2.75, 3.05) is 17.3 Å². The van der Waals surface area contributed by atoms with Crippen molar-refractivity contribution in [1.82, 2.24) is 15.0 Å². The number of carbonyl (C=O) groups excluding carboxylic acids is 3. The highest BCUT2D eigenvalue weighted by molar-refractivity contribution is 8.01. The second kappa shape index (κ2) is 11.8. The van der Waals surface area contributed by atoms with Crippen molar-refractivity contribution in [3.05, 3.63) is 0 Å². The lowest BCUT2D eigenvalue weighted by molar-refractivity contribution is -0.120. The molecule has 9 heteroatoms. The Kier molecular flexibility index (Phi) is 10.5. The first-order valence-electron chi connectivity index (χ1n) is 8.82. The Bertz CT molecular complexity index is 576. The van der Waals surface area contributed by atoms with Gasteiger partial charge in [-0.3, -0.25) is 14.4 Å². The molecule has 0 N–H and O–H groups in total. The van der Waals surface area contributed by atoms with Gasteiger partial charge >= 0.3 is 0 Å². The summed E-state index contributed by atoms with van der Waals surface area (Å²) >= 11 is 3.77. The van der Waals surface area contributed by atoms with Crippen molar-refractivity contribution in [1.29, 1.82) is 0 Å². The highest BCUT2D eigenvalue weighted by Gasteiger charge is 2.16. The average Bonchev–Trinajstić information content (AvgIpc) is 2.61. The average molecular weight is 430 g/mol. The zero-order valence-electron chi connectivity index (χ0n) is 16.6. The molecule has 0 saturated heterocycles. The number of hydrogen-bond acceptors (Lipinski definition) is 9. The highest BCUT2D eigenvalue weighted by atomic mass is 32.2. The van der Waals surface area contributed by atoms with Gasteiger partial charge in [0.15, 0.2) is 15.5 Å². The van der Waals surface area contributed by atoms with E-state index >= 15 is 0 Å². The third kappa shape index (κ3) is 9.21. The van der Waals surface area contributed by atoms with E-state index in [1.54, 1.807) is 0 Å². The smallest absolute Gasteiger partial charge is 0.193 e. The molecular weight excluding hydrogens is 402 g/mol. The summed E-state index contributed by atoms with van der Waals surface area (Å²) in [5.41, 5.74) is 0. The van der Waals surface area contributed by atoms with E-state index in [0.717, 1.165) is 0 Å². The largest absolute Gasteiger partial charge is 0.298 e. The lowest BCUT2D eigenvalue weighted by atomic mass is 10.1. The number of ketones is 3. The van der Waals surface area contributed by atoms with E-state index in [-0.39, 0.29) is 52.4 Å². The van der Waals surface area contributed by atoms with Gasteiger partial charge in [0.2, 0.25) is 0 Å². The van der Waals surface area contributed by atoms with E-state index in [0.29, 0.717) is 15.5 Å². The molecule has 1 aromatic rings. The van der Waals surface area contributed by atoms with Gasteiger partial charge in [-0.05, 0) is 0 Å². The van der Waals surface area contributed by atoms with Crippen LogP contribution >= 0.6 is 35.3 Å². The minimum atomic E-state index is -0.0469. The number of carbonyl (C=O) groups is 3. The molecule has 0 radical (unpaired) electrons. The van der Waals surface area contributed by atoms with Crippen molar-refractivity contribution in [3.8, 4) is 0 Å². The Morgan fingerprint density at radius 1 is 0.593 bits per heavy atom. The summed E-state index contributed by atoms with van der Waals surface area (Å²) in [6.45, 7) is 11.1. The van der Waals surface area contributed by atoms with Gasteiger partial charge in [0.1, 0.15) is 17.3 Å². The molecule has 27 heavy (non-hydrogen) atoms. The molecule has 0 amide bonds. The highest BCUT2D eigenvalue weighted by Crippen LogP contribution is 2.24. The van der Waals surface area contributed by atoms with E-state index in [2.05, 4.69) is 15.0 Å². The first-order valence-corrected chi connectivity index (χ1v) is 11.8. The Morgan fingerprint density at radius 2 is 0.815 bits per heavy atom. The van der Waals surface area contributed by atoms with Crippen molar-refractivity contribution in [2.24, 2.45) is 17.8 Å². The predicted molar refractivity (Wildman–Crippen MR) is 112 cm³/mol. The molecule has 0 saturated carbocycles. The number of thioether (sulfide) groups is 3. The van der Waals surface area contributed by atoms with Gasteiger partial charge in [-0.1, -0.05) is 76.8 Å². The summed E-state index contributed by atoms with van der Waals surface area (Å²) in [6.07, 6.45) is 0. The summed E-state index contributed by atoms with van der Waals surface area (Å²) in [5.74, 6) is 1.07. The van der Waals surface area contributed by atoms with Gasteiger partial charge < -0.3 is 0 Å². The summed E-state index contributed by atoms with van der Waals surface area (Å²) in [5, 5.41) is 1.33. The molecule has 0 aromatic carbocycles. The fourth-order valence-electron chi connectivity index (χ4n) is 1.42. The van der Waals surface area contributed by atoms with Crippen LogP contribution < -0.4 is 0 Å². The van der Waals surface area contributed by atoms with E-state index in [1.165, 1.54) is 35.3 Å². The molecule has 6 nitrogen and oxygen atoms in total. The number of hydrogen-bond donors (Lipinski definition) is 0. The zero-order valence-corrected chi connectivity index (χ0v) is 19.1. The second-order valence-corrected chi connectivity index (χ2v) is 9.74. The minimum absolute atomic E-state index is 0.0469. The quantitative estimate of drug-likeness (QED) is 0.460. The summed E-state index contributed by atoms with van der Waals surface area (Å²) < 4.78 is 0. The maximum absolute atomic E-state index is 11.9. The first kappa shape index (κ1) is 24.1. The molecule has 150 valence electrons. The van der Waals surface area contributed by atoms with Crippen LogP contribution in [0.1, 0.15) is 41.5 Å². The Balaban J connectivity index is 2.90. The molecular formula is C18H27N3O3S3.